The molecule has 0 aromatic carbocycles. The molecule has 2 N–H and O–H groups in total. The summed E-state index contributed by atoms with van der Waals surface area (Å²) < 4.78 is 0. The van der Waals surface area contributed by atoms with Crippen LogP contribution < -0.4 is 10.6 Å². The van der Waals surface area contributed by atoms with Crippen molar-refractivity contribution < 1.29 is 9.59 Å². The Kier molecular flexibility index (Phi) is 8.87. The fourth-order valence-electron chi connectivity index (χ4n) is 4.12. The number of rotatable bonds is 5. The first kappa shape index (κ1) is 20.8. The second kappa shape index (κ2) is 10.6. The van der Waals surface area contributed by atoms with Crippen LogP contribution in [0.1, 0.15) is 44.9 Å². The third kappa shape index (κ3) is 6.33. The van der Waals surface area contributed by atoms with Crippen molar-refractivity contribution in [3.63, 3.8) is 0 Å². The highest BCUT2D eigenvalue weighted by Gasteiger charge is 2.30. The molecule has 0 aromatic heterocycles. The van der Waals surface area contributed by atoms with Crippen LogP contribution in [0.15, 0.2) is 0 Å². The molecule has 7 heteroatoms. The minimum absolute atomic E-state index is 0. The van der Waals surface area contributed by atoms with E-state index in [0.29, 0.717) is 18.2 Å². The molecule has 0 aromatic rings. The molecule has 5 nitrogen and oxygen atoms in total. The molecule has 1 saturated carbocycles. The molecule has 3 rings (SSSR count). The first-order chi connectivity index (χ1) is 11.7. The van der Waals surface area contributed by atoms with Gasteiger partial charge in [-0.2, -0.15) is 11.8 Å². The van der Waals surface area contributed by atoms with Gasteiger partial charge in [-0.3, -0.25) is 9.59 Å². The summed E-state index contributed by atoms with van der Waals surface area (Å²) in [5.74, 6) is 3.57. The van der Waals surface area contributed by atoms with Crippen LogP contribution >= 0.6 is 24.2 Å². The molecule has 0 radical (unpaired) electrons. The zero-order chi connectivity index (χ0) is 16.8. The van der Waals surface area contributed by atoms with E-state index in [2.05, 4.69) is 15.5 Å². The number of thioether (sulfide) groups is 1. The summed E-state index contributed by atoms with van der Waals surface area (Å²) in [6, 6.07) is 0.278. The second-order valence-corrected chi connectivity index (χ2v) is 8.68. The first-order valence-electron chi connectivity index (χ1n) is 9.59. The van der Waals surface area contributed by atoms with Crippen molar-refractivity contribution >= 4 is 36.0 Å². The third-order valence-electron chi connectivity index (χ3n) is 5.71. The normalized spacial score (nSPS) is 29.8. The maximum atomic E-state index is 12.6. The quantitative estimate of drug-likeness (QED) is 0.755. The average Bonchev–Trinajstić information content (AvgIpc) is 3.14. The lowest BCUT2D eigenvalue weighted by atomic mass is 9.85. The van der Waals surface area contributed by atoms with Crippen molar-refractivity contribution in [1.82, 2.24) is 15.5 Å². The SMILES string of the molecule is Cl.O=C(CCC1CCNC1)NC1CCC(C(=O)N2CCSCC2)CC1. The van der Waals surface area contributed by atoms with E-state index in [4.69, 9.17) is 0 Å². The van der Waals surface area contributed by atoms with E-state index in [1.165, 1.54) is 6.42 Å². The van der Waals surface area contributed by atoms with Gasteiger partial charge in [0, 0.05) is 43.0 Å². The van der Waals surface area contributed by atoms with Crippen molar-refractivity contribution in [2.45, 2.75) is 51.0 Å². The van der Waals surface area contributed by atoms with Gasteiger partial charge in [0.25, 0.3) is 0 Å². The molecule has 0 spiro atoms. The Morgan fingerprint density at radius 2 is 1.80 bits per heavy atom. The predicted molar refractivity (Wildman–Crippen MR) is 105 cm³/mol. The second-order valence-electron chi connectivity index (χ2n) is 7.45. The molecule has 2 amide bonds. The van der Waals surface area contributed by atoms with Crippen molar-refractivity contribution in [2.24, 2.45) is 11.8 Å². The Morgan fingerprint density at radius 3 is 2.44 bits per heavy atom. The number of hydrogen-bond acceptors (Lipinski definition) is 4. The summed E-state index contributed by atoms with van der Waals surface area (Å²) in [5.41, 5.74) is 0. The van der Waals surface area contributed by atoms with Crippen molar-refractivity contribution in [3.05, 3.63) is 0 Å². The van der Waals surface area contributed by atoms with E-state index in [1.807, 2.05) is 11.8 Å². The van der Waals surface area contributed by atoms with Crippen LogP contribution in [0.2, 0.25) is 0 Å². The molecule has 0 bridgehead atoms. The molecule has 3 aliphatic rings. The monoisotopic (exact) mass is 389 g/mol. The summed E-state index contributed by atoms with van der Waals surface area (Å²) in [4.78, 5) is 26.7. The van der Waals surface area contributed by atoms with E-state index in [1.54, 1.807) is 0 Å². The summed E-state index contributed by atoms with van der Waals surface area (Å²) >= 11 is 1.94. The summed E-state index contributed by atoms with van der Waals surface area (Å²) in [5, 5.41) is 6.55. The molecule has 2 saturated heterocycles. The number of hydrogen-bond donors (Lipinski definition) is 2. The van der Waals surface area contributed by atoms with Crippen LogP contribution in [0.3, 0.4) is 0 Å². The molecule has 1 unspecified atom stereocenters. The molecule has 144 valence electrons. The van der Waals surface area contributed by atoms with Gasteiger partial charge in [0.1, 0.15) is 0 Å². The van der Waals surface area contributed by atoms with E-state index < -0.39 is 0 Å². The molecule has 3 fully saturated rings. The van der Waals surface area contributed by atoms with Gasteiger partial charge < -0.3 is 15.5 Å². The number of carbonyl (C=O) groups excluding carboxylic acids is 2. The van der Waals surface area contributed by atoms with Gasteiger partial charge in [-0.15, -0.1) is 12.4 Å². The zero-order valence-corrected chi connectivity index (χ0v) is 16.6. The van der Waals surface area contributed by atoms with Crippen LogP contribution in [0, 0.1) is 11.8 Å². The van der Waals surface area contributed by atoms with E-state index in [-0.39, 0.29) is 30.3 Å². The van der Waals surface area contributed by atoms with Crippen LogP contribution in [0.4, 0.5) is 0 Å². The van der Waals surface area contributed by atoms with Gasteiger partial charge in [-0.1, -0.05) is 0 Å². The maximum Gasteiger partial charge on any atom is 0.225 e. The highest BCUT2D eigenvalue weighted by molar-refractivity contribution is 7.99. The minimum Gasteiger partial charge on any atom is -0.353 e. The topological polar surface area (TPSA) is 61.4 Å². The van der Waals surface area contributed by atoms with Gasteiger partial charge in [0.05, 0.1) is 0 Å². The van der Waals surface area contributed by atoms with Gasteiger partial charge >= 0.3 is 0 Å². The highest BCUT2D eigenvalue weighted by atomic mass is 35.5. The number of nitrogens with one attached hydrogen (secondary N) is 2. The molecule has 1 aliphatic carbocycles. The Balaban J connectivity index is 0.00000225. The summed E-state index contributed by atoms with van der Waals surface area (Å²) in [6.45, 7) is 3.99. The lowest BCUT2D eigenvalue weighted by Gasteiger charge is -2.34. The van der Waals surface area contributed by atoms with Gasteiger partial charge in [-0.25, -0.2) is 0 Å². The van der Waals surface area contributed by atoms with Crippen molar-refractivity contribution in [1.29, 1.82) is 0 Å². The highest BCUT2D eigenvalue weighted by Crippen LogP contribution is 2.27. The number of amides is 2. The standard InChI is InChI=1S/C18H31N3O2S.ClH/c22-17(6-1-14-7-8-19-13-14)20-16-4-2-15(3-5-16)18(23)21-9-11-24-12-10-21;/h14-16,19H,1-13H2,(H,20,22);1H. The Labute approximate surface area is 161 Å². The van der Waals surface area contributed by atoms with Gasteiger partial charge in [0.2, 0.25) is 11.8 Å². The predicted octanol–water partition coefficient (Wildman–Crippen LogP) is 2.05. The maximum absolute atomic E-state index is 12.6. The van der Waals surface area contributed by atoms with Crippen LogP contribution in [-0.2, 0) is 9.59 Å². The third-order valence-corrected chi connectivity index (χ3v) is 6.65. The zero-order valence-electron chi connectivity index (χ0n) is 15.0. The molecular formula is C18H32ClN3O2S. The molecular weight excluding hydrogens is 358 g/mol. The molecule has 2 aliphatic heterocycles. The number of halogens is 1. The lowest BCUT2D eigenvalue weighted by Crippen LogP contribution is -2.44. The molecule has 2 heterocycles. The van der Waals surface area contributed by atoms with Crippen LogP contribution in [0.25, 0.3) is 0 Å². The number of carbonyl (C=O) groups is 2. The minimum atomic E-state index is 0. The summed E-state index contributed by atoms with van der Waals surface area (Å²) in [6.07, 6.45) is 6.62. The van der Waals surface area contributed by atoms with Crippen LogP contribution in [-0.4, -0.2) is 60.4 Å². The van der Waals surface area contributed by atoms with Gasteiger partial charge in [-0.05, 0) is 57.5 Å². The Bertz CT molecular complexity index is 432. The summed E-state index contributed by atoms with van der Waals surface area (Å²) in [7, 11) is 0. The smallest absolute Gasteiger partial charge is 0.225 e. The molecule has 1 atom stereocenters. The van der Waals surface area contributed by atoms with E-state index in [0.717, 1.165) is 69.8 Å². The van der Waals surface area contributed by atoms with Crippen molar-refractivity contribution in [3.8, 4) is 0 Å². The average molecular weight is 390 g/mol. The largest absolute Gasteiger partial charge is 0.353 e. The number of nitrogens with zero attached hydrogens (tertiary/aromatic N) is 1. The lowest BCUT2D eigenvalue weighted by molar-refractivity contribution is -0.136. The molecule has 25 heavy (non-hydrogen) atoms. The fraction of sp³-hybridized carbons (Fsp3) is 0.889. The van der Waals surface area contributed by atoms with E-state index in [9.17, 15) is 9.59 Å². The van der Waals surface area contributed by atoms with E-state index >= 15 is 0 Å². The fourth-order valence-corrected chi connectivity index (χ4v) is 5.03. The first-order valence-corrected chi connectivity index (χ1v) is 10.7. The Hall–Kier alpha value is -0.460. The van der Waals surface area contributed by atoms with Crippen LogP contribution in [0.5, 0.6) is 0 Å². The Morgan fingerprint density at radius 1 is 1.08 bits per heavy atom. The van der Waals surface area contributed by atoms with Gasteiger partial charge in [0.15, 0.2) is 0 Å². The van der Waals surface area contributed by atoms with Crippen molar-refractivity contribution in [2.75, 3.05) is 37.7 Å².